The molecule has 0 saturated carbocycles. The van der Waals surface area contributed by atoms with Crippen LogP contribution in [-0.4, -0.2) is 6.29 Å². The van der Waals surface area contributed by atoms with Gasteiger partial charge in [-0.05, 0) is 40.2 Å². The summed E-state index contributed by atoms with van der Waals surface area (Å²) in [6.45, 7) is 0. The van der Waals surface area contributed by atoms with Crippen molar-refractivity contribution in [1.82, 2.24) is 0 Å². The van der Waals surface area contributed by atoms with Crippen LogP contribution in [0.4, 0.5) is 8.78 Å². The number of hydrogen-bond acceptors (Lipinski definition) is 2. The van der Waals surface area contributed by atoms with Crippen LogP contribution in [0.3, 0.4) is 0 Å². The number of para-hydroxylation sites is 1. The number of carbonyl (C=O) groups is 1. The van der Waals surface area contributed by atoms with Crippen molar-refractivity contribution in [2.24, 2.45) is 0 Å². The van der Waals surface area contributed by atoms with E-state index in [2.05, 4.69) is 15.9 Å². The van der Waals surface area contributed by atoms with Crippen LogP contribution in [0.5, 0.6) is 11.5 Å². The molecule has 2 nitrogen and oxygen atoms in total. The van der Waals surface area contributed by atoms with Gasteiger partial charge in [-0.25, -0.2) is 8.78 Å². The minimum absolute atomic E-state index is 0.0613. The van der Waals surface area contributed by atoms with Gasteiger partial charge in [0, 0.05) is 6.07 Å². The third kappa shape index (κ3) is 2.56. The Balaban J connectivity index is 2.45. The summed E-state index contributed by atoms with van der Waals surface area (Å²) in [5, 5.41) is 0. The van der Waals surface area contributed by atoms with Crippen LogP contribution in [0.1, 0.15) is 10.4 Å². The molecule has 0 aliphatic rings. The molecule has 0 aliphatic carbocycles. The van der Waals surface area contributed by atoms with Crippen LogP contribution in [0.2, 0.25) is 0 Å². The lowest BCUT2D eigenvalue weighted by Crippen LogP contribution is -1.95. The monoisotopic (exact) mass is 312 g/mol. The normalized spacial score (nSPS) is 10.2. The van der Waals surface area contributed by atoms with Gasteiger partial charge in [-0.3, -0.25) is 4.79 Å². The summed E-state index contributed by atoms with van der Waals surface area (Å²) in [5.74, 6) is -1.32. The Morgan fingerprint density at radius 1 is 1.17 bits per heavy atom. The SMILES string of the molecule is O=Cc1cccc(F)c1Oc1cc(F)ccc1Br. The highest BCUT2D eigenvalue weighted by Gasteiger charge is 2.12. The number of benzene rings is 2. The topological polar surface area (TPSA) is 26.3 Å². The van der Waals surface area contributed by atoms with Gasteiger partial charge < -0.3 is 4.74 Å². The second-order valence-electron chi connectivity index (χ2n) is 3.45. The summed E-state index contributed by atoms with van der Waals surface area (Å²) in [5.41, 5.74) is 0.0613. The Morgan fingerprint density at radius 2 is 1.94 bits per heavy atom. The molecule has 0 fully saturated rings. The van der Waals surface area contributed by atoms with Crippen LogP contribution in [-0.2, 0) is 0 Å². The van der Waals surface area contributed by atoms with E-state index in [1.54, 1.807) is 0 Å². The number of carbonyl (C=O) groups excluding carboxylic acids is 1. The third-order valence-electron chi connectivity index (χ3n) is 2.23. The number of halogens is 3. The molecule has 0 atom stereocenters. The van der Waals surface area contributed by atoms with Crippen molar-refractivity contribution < 1.29 is 18.3 Å². The number of ether oxygens (including phenoxy) is 1. The standard InChI is InChI=1S/C13H7BrF2O2/c14-10-5-4-9(15)6-12(10)18-13-8(7-17)2-1-3-11(13)16/h1-7H. The van der Waals surface area contributed by atoms with Crippen LogP contribution in [0.25, 0.3) is 0 Å². The van der Waals surface area contributed by atoms with Gasteiger partial charge in [0.25, 0.3) is 0 Å². The highest BCUT2D eigenvalue weighted by Crippen LogP contribution is 2.33. The van der Waals surface area contributed by atoms with Crippen molar-refractivity contribution in [2.75, 3.05) is 0 Å². The molecule has 0 amide bonds. The zero-order chi connectivity index (χ0) is 13.1. The molecule has 0 saturated heterocycles. The van der Waals surface area contributed by atoms with E-state index in [9.17, 15) is 13.6 Å². The van der Waals surface area contributed by atoms with Crippen molar-refractivity contribution in [3.8, 4) is 11.5 Å². The van der Waals surface area contributed by atoms with Gasteiger partial charge in [-0.2, -0.15) is 0 Å². The third-order valence-corrected chi connectivity index (χ3v) is 2.88. The maximum absolute atomic E-state index is 13.6. The number of aldehydes is 1. The molecule has 92 valence electrons. The predicted octanol–water partition coefficient (Wildman–Crippen LogP) is 4.33. The van der Waals surface area contributed by atoms with Crippen LogP contribution in [0.15, 0.2) is 40.9 Å². The second-order valence-corrected chi connectivity index (χ2v) is 4.31. The van der Waals surface area contributed by atoms with Crippen LogP contribution < -0.4 is 4.74 Å². The molecular weight excluding hydrogens is 306 g/mol. The van der Waals surface area contributed by atoms with E-state index in [1.807, 2.05) is 0 Å². The highest BCUT2D eigenvalue weighted by atomic mass is 79.9. The van der Waals surface area contributed by atoms with Crippen molar-refractivity contribution in [1.29, 1.82) is 0 Å². The summed E-state index contributed by atoms with van der Waals surface area (Å²) in [6.07, 6.45) is 0.478. The molecule has 0 unspecified atom stereocenters. The molecular formula is C13H7BrF2O2. The maximum atomic E-state index is 13.6. The molecule has 5 heteroatoms. The quantitative estimate of drug-likeness (QED) is 0.788. The molecule has 2 rings (SSSR count). The molecule has 0 radical (unpaired) electrons. The highest BCUT2D eigenvalue weighted by molar-refractivity contribution is 9.10. The van der Waals surface area contributed by atoms with Crippen molar-refractivity contribution in [2.45, 2.75) is 0 Å². The molecule has 2 aromatic carbocycles. The average Bonchev–Trinajstić information content (AvgIpc) is 2.36. The first-order valence-electron chi connectivity index (χ1n) is 4.98. The minimum atomic E-state index is -0.684. The van der Waals surface area contributed by atoms with E-state index in [0.717, 1.165) is 12.1 Å². The molecule has 0 spiro atoms. The van der Waals surface area contributed by atoms with Gasteiger partial charge in [0.05, 0.1) is 10.0 Å². The zero-order valence-corrected chi connectivity index (χ0v) is 10.6. The van der Waals surface area contributed by atoms with E-state index in [-0.39, 0.29) is 17.1 Å². The Bertz CT molecular complexity index is 600. The summed E-state index contributed by atoms with van der Waals surface area (Å²) >= 11 is 3.16. The first kappa shape index (κ1) is 12.7. The lowest BCUT2D eigenvalue weighted by molar-refractivity contribution is 0.112. The maximum Gasteiger partial charge on any atom is 0.173 e. The van der Waals surface area contributed by atoms with Crippen LogP contribution >= 0.6 is 15.9 Å². The van der Waals surface area contributed by atoms with Crippen LogP contribution in [0, 0.1) is 11.6 Å². The molecule has 2 aromatic rings. The lowest BCUT2D eigenvalue weighted by atomic mass is 10.2. The molecule has 0 aliphatic heterocycles. The summed E-state index contributed by atoms with van der Waals surface area (Å²) in [6, 6.07) is 7.75. The Kier molecular flexibility index (Phi) is 3.72. The Morgan fingerprint density at radius 3 is 2.67 bits per heavy atom. The van der Waals surface area contributed by atoms with E-state index in [0.29, 0.717) is 10.8 Å². The summed E-state index contributed by atoms with van der Waals surface area (Å²) < 4.78 is 32.3. The van der Waals surface area contributed by atoms with E-state index < -0.39 is 11.6 Å². The first-order chi connectivity index (χ1) is 8.61. The van der Waals surface area contributed by atoms with Gasteiger partial charge in [-0.15, -0.1) is 0 Å². The number of hydrogen-bond donors (Lipinski definition) is 0. The molecule has 0 N–H and O–H groups in total. The van der Waals surface area contributed by atoms with E-state index in [4.69, 9.17) is 4.74 Å². The Hall–Kier alpha value is -1.75. The summed E-state index contributed by atoms with van der Waals surface area (Å²) in [7, 11) is 0. The lowest BCUT2D eigenvalue weighted by Gasteiger charge is -2.10. The zero-order valence-electron chi connectivity index (χ0n) is 8.99. The fourth-order valence-corrected chi connectivity index (χ4v) is 1.72. The fourth-order valence-electron chi connectivity index (χ4n) is 1.39. The molecule has 0 heterocycles. The van der Waals surface area contributed by atoms with Gasteiger partial charge in [0.1, 0.15) is 11.6 Å². The molecule has 0 aromatic heterocycles. The fraction of sp³-hybridized carbons (Fsp3) is 0. The summed E-state index contributed by atoms with van der Waals surface area (Å²) in [4.78, 5) is 10.8. The van der Waals surface area contributed by atoms with Gasteiger partial charge >= 0.3 is 0 Å². The number of rotatable bonds is 3. The Labute approximate surface area is 110 Å². The van der Waals surface area contributed by atoms with Crippen molar-refractivity contribution in [3.63, 3.8) is 0 Å². The van der Waals surface area contributed by atoms with E-state index >= 15 is 0 Å². The van der Waals surface area contributed by atoms with Crippen molar-refractivity contribution >= 4 is 22.2 Å². The molecule has 18 heavy (non-hydrogen) atoms. The van der Waals surface area contributed by atoms with Gasteiger partial charge in [0.2, 0.25) is 0 Å². The van der Waals surface area contributed by atoms with E-state index in [1.165, 1.54) is 24.3 Å². The van der Waals surface area contributed by atoms with Gasteiger partial charge in [-0.1, -0.05) is 6.07 Å². The molecule has 0 bridgehead atoms. The first-order valence-corrected chi connectivity index (χ1v) is 5.77. The van der Waals surface area contributed by atoms with Crippen molar-refractivity contribution in [3.05, 3.63) is 58.1 Å². The minimum Gasteiger partial charge on any atom is -0.452 e. The average molecular weight is 313 g/mol. The predicted molar refractivity (Wildman–Crippen MR) is 66.0 cm³/mol. The smallest absolute Gasteiger partial charge is 0.173 e. The van der Waals surface area contributed by atoms with Gasteiger partial charge in [0.15, 0.2) is 17.9 Å². The second kappa shape index (κ2) is 5.27. The largest absolute Gasteiger partial charge is 0.452 e.